The molecule has 0 aliphatic carbocycles. The quantitative estimate of drug-likeness (QED) is 0.912. The molecule has 7 nitrogen and oxygen atoms in total. The van der Waals surface area contributed by atoms with Gasteiger partial charge in [-0.15, -0.1) is 5.10 Å². The van der Waals surface area contributed by atoms with Crippen molar-refractivity contribution in [3.63, 3.8) is 0 Å². The third-order valence-electron chi connectivity index (χ3n) is 3.58. The van der Waals surface area contributed by atoms with Gasteiger partial charge in [-0.2, -0.15) is 4.52 Å². The van der Waals surface area contributed by atoms with Crippen LogP contribution in [0.2, 0.25) is 0 Å². The van der Waals surface area contributed by atoms with Crippen molar-refractivity contribution in [3.05, 3.63) is 22.1 Å². The smallest absolute Gasteiger partial charge is 0.326 e. The Balaban J connectivity index is 2.03. The van der Waals surface area contributed by atoms with Crippen molar-refractivity contribution in [1.82, 2.24) is 14.6 Å². The molecule has 0 saturated carbocycles. The highest BCUT2D eigenvalue weighted by Gasteiger charge is 2.32. The summed E-state index contributed by atoms with van der Waals surface area (Å²) < 4.78 is 1.26. The number of aromatic nitrogens is 3. The molecule has 3 rings (SSSR count). The van der Waals surface area contributed by atoms with E-state index in [-0.39, 0.29) is 5.56 Å². The van der Waals surface area contributed by atoms with E-state index in [0.29, 0.717) is 23.1 Å². The monoisotopic (exact) mass is 308 g/mol. The molecule has 2 aromatic rings. The van der Waals surface area contributed by atoms with Gasteiger partial charge < -0.3 is 10.0 Å². The minimum absolute atomic E-state index is 0.211. The number of hydrogen-bond acceptors (Lipinski definition) is 6. The van der Waals surface area contributed by atoms with E-state index < -0.39 is 12.0 Å². The van der Waals surface area contributed by atoms with Gasteiger partial charge in [0.2, 0.25) is 10.1 Å². The zero-order chi connectivity index (χ0) is 15.0. The predicted molar refractivity (Wildman–Crippen MR) is 79.1 cm³/mol. The van der Waals surface area contributed by atoms with E-state index in [4.69, 9.17) is 0 Å². The highest BCUT2D eigenvalue weighted by atomic mass is 32.1. The molecule has 1 aliphatic heterocycles. The van der Waals surface area contributed by atoms with Crippen LogP contribution in [0.15, 0.2) is 10.9 Å². The summed E-state index contributed by atoms with van der Waals surface area (Å²) in [6.07, 6.45) is 3.09. The van der Waals surface area contributed by atoms with Crippen molar-refractivity contribution in [1.29, 1.82) is 0 Å². The molecule has 1 aliphatic rings. The van der Waals surface area contributed by atoms with Crippen molar-refractivity contribution in [2.24, 2.45) is 0 Å². The van der Waals surface area contributed by atoms with Gasteiger partial charge in [0.1, 0.15) is 6.04 Å². The summed E-state index contributed by atoms with van der Waals surface area (Å²) in [5.74, 6) is -0.848. The number of rotatable bonds is 4. The summed E-state index contributed by atoms with van der Waals surface area (Å²) >= 11 is 1.27. The van der Waals surface area contributed by atoms with Crippen molar-refractivity contribution >= 4 is 27.4 Å². The fourth-order valence-electron chi connectivity index (χ4n) is 2.60. The van der Waals surface area contributed by atoms with Crippen LogP contribution >= 0.6 is 11.3 Å². The van der Waals surface area contributed by atoms with Crippen molar-refractivity contribution in [2.75, 3.05) is 11.4 Å². The largest absolute Gasteiger partial charge is 0.480 e. The average Bonchev–Trinajstić information content (AvgIpc) is 3.04. The first-order chi connectivity index (χ1) is 10.1. The van der Waals surface area contributed by atoms with Gasteiger partial charge in [-0.05, 0) is 19.3 Å². The number of aliphatic carboxylic acids is 1. The van der Waals surface area contributed by atoms with Crippen molar-refractivity contribution < 1.29 is 9.90 Å². The summed E-state index contributed by atoms with van der Waals surface area (Å²) in [5.41, 5.74) is 0.547. The Bertz CT molecular complexity index is 739. The number of carbonyl (C=O) groups is 1. The number of carboxylic acid groups (broad SMARTS) is 1. The first-order valence-corrected chi connectivity index (χ1v) is 7.81. The molecule has 1 fully saturated rings. The van der Waals surface area contributed by atoms with Gasteiger partial charge in [-0.25, -0.2) is 9.78 Å². The Morgan fingerprint density at radius 2 is 2.38 bits per heavy atom. The second-order valence-electron chi connectivity index (χ2n) is 5.10. The topological polar surface area (TPSA) is 87.8 Å². The van der Waals surface area contributed by atoms with Crippen LogP contribution < -0.4 is 10.5 Å². The van der Waals surface area contributed by atoms with Crippen LogP contribution in [0.3, 0.4) is 0 Å². The molecule has 0 unspecified atom stereocenters. The average molecular weight is 308 g/mol. The summed E-state index contributed by atoms with van der Waals surface area (Å²) in [5, 5.41) is 14.0. The van der Waals surface area contributed by atoms with E-state index in [1.807, 2.05) is 6.92 Å². The fraction of sp³-hybridized carbons (Fsp3) is 0.538. The van der Waals surface area contributed by atoms with Crippen LogP contribution in [-0.4, -0.2) is 38.3 Å². The number of aryl methyl sites for hydroxylation is 1. The number of hydrogen-bond donors (Lipinski definition) is 1. The second-order valence-corrected chi connectivity index (χ2v) is 6.04. The van der Waals surface area contributed by atoms with Gasteiger partial charge in [0.05, 0.1) is 0 Å². The first kappa shape index (κ1) is 14.0. The molecule has 1 saturated heterocycles. The van der Waals surface area contributed by atoms with Gasteiger partial charge in [0.15, 0.2) is 0 Å². The number of nitrogens with zero attached hydrogens (tertiary/aromatic N) is 4. The summed E-state index contributed by atoms with van der Waals surface area (Å²) in [6.45, 7) is 2.68. The molecule has 0 bridgehead atoms. The van der Waals surface area contributed by atoms with Gasteiger partial charge in [-0.3, -0.25) is 4.79 Å². The molecule has 0 aromatic carbocycles. The summed E-state index contributed by atoms with van der Waals surface area (Å²) in [4.78, 5) is 30.0. The van der Waals surface area contributed by atoms with E-state index in [0.717, 1.165) is 25.0 Å². The fourth-order valence-corrected chi connectivity index (χ4v) is 3.60. The molecule has 3 heterocycles. The van der Waals surface area contributed by atoms with Crippen LogP contribution in [0.4, 0.5) is 5.13 Å². The van der Waals surface area contributed by atoms with Crippen LogP contribution in [-0.2, 0) is 11.2 Å². The molecule has 1 N–H and O–H groups in total. The lowest BCUT2D eigenvalue weighted by atomic mass is 10.2. The van der Waals surface area contributed by atoms with Gasteiger partial charge in [-0.1, -0.05) is 24.7 Å². The van der Waals surface area contributed by atoms with Crippen LogP contribution in [0, 0.1) is 0 Å². The number of carboxylic acids is 1. The van der Waals surface area contributed by atoms with Crippen LogP contribution in [0.25, 0.3) is 4.96 Å². The maximum absolute atomic E-state index is 12.1. The molecular weight excluding hydrogens is 292 g/mol. The summed E-state index contributed by atoms with van der Waals surface area (Å²) in [7, 11) is 0. The van der Waals surface area contributed by atoms with Crippen molar-refractivity contribution in [3.8, 4) is 0 Å². The second kappa shape index (κ2) is 5.44. The van der Waals surface area contributed by atoms with Crippen LogP contribution in [0.5, 0.6) is 0 Å². The van der Waals surface area contributed by atoms with Crippen LogP contribution in [0.1, 0.15) is 31.9 Å². The Labute approximate surface area is 124 Å². The predicted octanol–water partition coefficient (Wildman–Crippen LogP) is 1.16. The normalized spacial score (nSPS) is 18.5. The lowest BCUT2D eigenvalue weighted by molar-refractivity contribution is -0.138. The summed E-state index contributed by atoms with van der Waals surface area (Å²) in [6, 6.07) is 0.940. The number of fused-ring (bicyclic) bond motifs is 1. The van der Waals surface area contributed by atoms with E-state index in [2.05, 4.69) is 10.1 Å². The third-order valence-corrected chi connectivity index (χ3v) is 4.52. The molecule has 0 amide bonds. The van der Waals surface area contributed by atoms with Crippen molar-refractivity contribution in [2.45, 2.75) is 38.6 Å². The van der Waals surface area contributed by atoms with E-state index >= 15 is 0 Å². The first-order valence-electron chi connectivity index (χ1n) is 6.99. The van der Waals surface area contributed by atoms with E-state index in [9.17, 15) is 14.7 Å². The minimum Gasteiger partial charge on any atom is -0.480 e. The molecule has 0 spiro atoms. The van der Waals surface area contributed by atoms with Gasteiger partial charge in [0, 0.05) is 18.3 Å². The highest BCUT2D eigenvalue weighted by molar-refractivity contribution is 7.20. The molecule has 2 aromatic heterocycles. The Kier molecular flexibility index (Phi) is 3.62. The molecule has 112 valence electrons. The van der Waals surface area contributed by atoms with E-state index in [1.54, 1.807) is 4.90 Å². The SMILES string of the molecule is CCCc1cc(=O)n2nc(N3CCC[C@@H]3C(=O)O)sc2n1. The number of anilines is 1. The third kappa shape index (κ3) is 2.51. The van der Waals surface area contributed by atoms with Gasteiger partial charge >= 0.3 is 5.97 Å². The minimum atomic E-state index is -0.848. The Hall–Kier alpha value is -1.96. The van der Waals surface area contributed by atoms with E-state index in [1.165, 1.54) is 21.9 Å². The Morgan fingerprint density at radius 3 is 3.10 bits per heavy atom. The zero-order valence-corrected chi connectivity index (χ0v) is 12.5. The molecule has 1 atom stereocenters. The Morgan fingerprint density at radius 1 is 1.57 bits per heavy atom. The highest BCUT2D eigenvalue weighted by Crippen LogP contribution is 2.29. The van der Waals surface area contributed by atoms with Gasteiger partial charge in [0.25, 0.3) is 5.56 Å². The molecular formula is C13H16N4O3S. The maximum Gasteiger partial charge on any atom is 0.326 e. The zero-order valence-electron chi connectivity index (χ0n) is 11.7. The standard InChI is InChI=1S/C13H16N4O3S/c1-2-4-8-7-10(18)17-12(14-8)21-13(15-17)16-6-3-5-9(16)11(19)20/h7,9H,2-6H2,1H3,(H,19,20)/t9-/m1/s1. The molecule has 8 heteroatoms. The molecule has 0 radical (unpaired) electrons. The lowest BCUT2D eigenvalue weighted by Gasteiger charge is -2.19. The maximum atomic E-state index is 12.1. The molecule has 21 heavy (non-hydrogen) atoms. The lowest BCUT2D eigenvalue weighted by Crippen LogP contribution is -2.36.